The molecule has 0 spiro atoms. The van der Waals surface area contributed by atoms with Crippen molar-refractivity contribution >= 4 is 28.1 Å². The third kappa shape index (κ3) is 2.85. The summed E-state index contributed by atoms with van der Waals surface area (Å²) >= 11 is 1.72. The molecule has 0 unspecified atom stereocenters. The monoisotopic (exact) mass is 298 g/mol. The van der Waals surface area contributed by atoms with Gasteiger partial charge < -0.3 is 10.3 Å². The summed E-state index contributed by atoms with van der Waals surface area (Å²) in [4.78, 5) is 16.8. The zero-order valence-electron chi connectivity index (χ0n) is 12.2. The zero-order valence-corrected chi connectivity index (χ0v) is 13.0. The minimum absolute atomic E-state index is 0.00768. The molecule has 1 aromatic carbocycles. The molecule has 0 atom stereocenters. The van der Waals surface area contributed by atoms with E-state index in [4.69, 9.17) is 0 Å². The normalized spacial score (nSPS) is 11.0. The number of amides is 1. The maximum absolute atomic E-state index is 12.2. The van der Waals surface area contributed by atoms with E-state index >= 15 is 0 Å². The smallest absolute Gasteiger partial charge is 0.251 e. The lowest BCUT2D eigenvalue weighted by molar-refractivity contribution is 0.0954. The van der Waals surface area contributed by atoms with Gasteiger partial charge in [0.2, 0.25) is 0 Å². The van der Waals surface area contributed by atoms with Crippen molar-refractivity contribution in [1.82, 2.24) is 10.3 Å². The summed E-state index contributed by atoms with van der Waals surface area (Å²) in [6.45, 7) is 4.80. The van der Waals surface area contributed by atoms with E-state index in [9.17, 15) is 4.79 Å². The highest BCUT2D eigenvalue weighted by molar-refractivity contribution is 7.09. The van der Waals surface area contributed by atoms with Gasteiger partial charge in [-0.05, 0) is 55.5 Å². The van der Waals surface area contributed by atoms with Crippen LogP contribution in [0.25, 0.3) is 10.9 Å². The molecule has 2 aromatic heterocycles. The summed E-state index contributed by atoms with van der Waals surface area (Å²) in [6, 6.07) is 9.94. The molecule has 3 rings (SSSR count). The molecule has 1 amide bonds. The molecule has 3 nitrogen and oxygen atoms in total. The lowest BCUT2D eigenvalue weighted by Crippen LogP contribution is -2.25. The number of carbonyl (C=O) groups excluding carboxylic acids is 1. The third-order valence-corrected chi connectivity index (χ3v) is 4.74. The van der Waals surface area contributed by atoms with Gasteiger partial charge in [-0.1, -0.05) is 6.07 Å². The standard InChI is InChI=1S/C17H18N2OS/c1-11-12(2)19-16-6-5-13(10-15(11)16)17(20)18-8-7-14-4-3-9-21-14/h3-6,9-10,19H,7-8H2,1-2H3,(H,18,20). The number of hydrogen-bond acceptors (Lipinski definition) is 2. The lowest BCUT2D eigenvalue weighted by Gasteiger charge is -2.05. The maximum Gasteiger partial charge on any atom is 0.251 e. The molecule has 0 saturated heterocycles. The Bertz CT molecular complexity index is 772. The Morgan fingerprint density at radius 3 is 2.90 bits per heavy atom. The van der Waals surface area contributed by atoms with E-state index < -0.39 is 0 Å². The van der Waals surface area contributed by atoms with Gasteiger partial charge in [-0.15, -0.1) is 11.3 Å². The largest absolute Gasteiger partial charge is 0.358 e. The van der Waals surface area contributed by atoms with Gasteiger partial charge in [-0.3, -0.25) is 4.79 Å². The van der Waals surface area contributed by atoms with Gasteiger partial charge in [-0.25, -0.2) is 0 Å². The lowest BCUT2D eigenvalue weighted by atomic mass is 10.1. The van der Waals surface area contributed by atoms with Crippen LogP contribution in [0.3, 0.4) is 0 Å². The summed E-state index contributed by atoms with van der Waals surface area (Å²) < 4.78 is 0. The van der Waals surface area contributed by atoms with E-state index in [0.29, 0.717) is 6.54 Å². The van der Waals surface area contributed by atoms with Crippen LogP contribution in [0.5, 0.6) is 0 Å². The minimum Gasteiger partial charge on any atom is -0.358 e. The van der Waals surface area contributed by atoms with E-state index in [1.54, 1.807) is 11.3 Å². The Labute approximate surface area is 128 Å². The summed E-state index contributed by atoms with van der Waals surface area (Å²) in [7, 11) is 0. The van der Waals surface area contributed by atoms with Gasteiger partial charge in [0.05, 0.1) is 0 Å². The van der Waals surface area contributed by atoms with Crippen LogP contribution in [0.2, 0.25) is 0 Å². The average Bonchev–Trinajstić information content (AvgIpc) is 3.08. The van der Waals surface area contributed by atoms with Gasteiger partial charge in [-0.2, -0.15) is 0 Å². The number of hydrogen-bond donors (Lipinski definition) is 2. The van der Waals surface area contributed by atoms with Gasteiger partial charge >= 0.3 is 0 Å². The number of benzene rings is 1. The fourth-order valence-corrected chi connectivity index (χ4v) is 3.17. The first-order valence-electron chi connectivity index (χ1n) is 7.04. The van der Waals surface area contributed by atoms with Crippen molar-refractivity contribution in [1.29, 1.82) is 0 Å². The Hall–Kier alpha value is -2.07. The maximum atomic E-state index is 12.2. The summed E-state index contributed by atoms with van der Waals surface area (Å²) in [5.74, 6) is -0.00768. The topological polar surface area (TPSA) is 44.9 Å². The average molecular weight is 298 g/mol. The van der Waals surface area contributed by atoms with Crippen molar-refractivity contribution in [3.05, 3.63) is 57.4 Å². The van der Waals surface area contributed by atoms with E-state index in [0.717, 1.165) is 28.6 Å². The molecule has 3 aromatic rings. The van der Waals surface area contributed by atoms with E-state index in [1.807, 2.05) is 24.3 Å². The number of carbonyl (C=O) groups is 1. The van der Waals surface area contributed by atoms with Crippen molar-refractivity contribution in [3.8, 4) is 0 Å². The number of nitrogens with one attached hydrogen (secondary N) is 2. The van der Waals surface area contributed by atoms with Crippen LogP contribution in [0.4, 0.5) is 0 Å². The van der Waals surface area contributed by atoms with E-state index in [-0.39, 0.29) is 5.91 Å². The quantitative estimate of drug-likeness (QED) is 0.755. The van der Waals surface area contributed by atoms with Crippen LogP contribution in [0.1, 0.15) is 26.5 Å². The van der Waals surface area contributed by atoms with Crippen LogP contribution in [-0.2, 0) is 6.42 Å². The molecular weight excluding hydrogens is 280 g/mol. The van der Waals surface area contributed by atoms with Crippen molar-refractivity contribution in [3.63, 3.8) is 0 Å². The number of aryl methyl sites for hydroxylation is 2. The number of aromatic amines is 1. The third-order valence-electron chi connectivity index (χ3n) is 3.81. The number of aromatic nitrogens is 1. The molecule has 21 heavy (non-hydrogen) atoms. The Balaban J connectivity index is 1.70. The Morgan fingerprint density at radius 1 is 1.29 bits per heavy atom. The minimum atomic E-state index is -0.00768. The predicted octanol–water partition coefficient (Wildman–Crippen LogP) is 3.82. The van der Waals surface area contributed by atoms with Crippen molar-refractivity contribution < 1.29 is 4.79 Å². The molecule has 2 heterocycles. The van der Waals surface area contributed by atoms with E-state index in [1.165, 1.54) is 10.4 Å². The van der Waals surface area contributed by atoms with Crippen molar-refractivity contribution in [2.75, 3.05) is 6.54 Å². The first kappa shape index (κ1) is 13.9. The van der Waals surface area contributed by atoms with Crippen LogP contribution < -0.4 is 5.32 Å². The second-order valence-corrected chi connectivity index (χ2v) is 6.25. The summed E-state index contributed by atoms with van der Waals surface area (Å²) in [5.41, 5.74) is 4.16. The zero-order chi connectivity index (χ0) is 14.8. The predicted molar refractivity (Wildman–Crippen MR) is 88.1 cm³/mol. The molecule has 108 valence electrons. The molecule has 0 saturated carbocycles. The van der Waals surface area contributed by atoms with Gasteiger partial charge in [0, 0.05) is 33.6 Å². The summed E-state index contributed by atoms with van der Waals surface area (Å²) in [5, 5.41) is 6.17. The number of rotatable bonds is 4. The van der Waals surface area contributed by atoms with Crippen molar-refractivity contribution in [2.24, 2.45) is 0 Å². The SMILES string of the molecule is Cc1[nH]c2ccc(C(=O)NCCc3cccs3)cc2c1C. The first-order chi connectivity index (χ1) is 10.1. The second kappa shape index (κ2) is 5.74. The number of thiophene rings is 1. The van der Waals surface area contributed by atoms with Gasteiger partial charge in [0.1, 0.15) is 0 Å². The van der Waals surface area contributed by atoms with Gasteiger partial charge in [0.15, 0.2) is 0 Å². The molecule has 0 aliphatic rings. The van der Waals surface area contributed by atoms with Crippen LogP contribution in [-0.4, -0.2) is 17.4 Å². The molecule has 0 bridgehead atoms. The molecule has 0 aliphatic carbocycles. The number of fused-ring (bicyclic) bond motifs is 1. The molecule has 0 aliphatic heterocycles. The Kier molecular flexibility index (Phi) is 3.80. The molecule has 0 radical (unpaired) electrons. The highest BCUT2D eigenvalue weighted by atomic mass is 32.1. The first-order valence-corrected chi connectivity index (χ1v) is 7.92. The Morgan fingerprint density at radius 2 is 2.14 bits per heavy atom. The van der Waals surface area contributed by atoms with Crippen molar-refractivity contribution in [2.45, 2.75) is 20.3 Å². The molecular formula is C17H18N2OS. The fraction of sp³-hybridized carbons (Fsp3) is 0.235. The number of H-pyrrole nitrogens is 1. The van der Waals surface area contributed by atoms with E-state index in [2.05, 4.69) is 35.6 Å². The second-order valence-electron chi connectivity index (χ2n) is 5.22. The highest BCUT2D eigenvalue weighted by Crippen LogP contribution is 2.22. The summed E-state index contributed by atoms with van der Waals surface area (Å²) in [6.07, 6.45) is 0.883. The van der Waals surface area contributed by atoms with Crippen LogP contribution in [0, 0.1) is 13.8 Å². The fourth-order valence-electron chi connectivity index (χ4n) is 2.46. The molecule has 2 N–H and O–H groups in total. The van der Waals surface area contributed by atoms with Gasteiger partial charge in [0.25, 0.3) is 5.91 Å². The van der Waals surface area contributed by atoms with Crippen LogP contribution >= 0.6 is 11.3 Å². The highest BCUT2D eigenvalue weighted by Gasteiger charge is 2.09. The molecule has 0 fully saturated rings. The molecule has 4 heteroatoms. The van der Waals surface area contributed by atoms with Crippen LogP contribution in [0.15, 0.2) is 35.7 Å².